The zero-order valence-corrected chi connectivity index (χ0v) is 19.7. The lowest BCUT2D eigenvalue weighted by Gasteiger charge is -2.13. The molecule has 0 amide bonds. The van der Waals surface area contributed by atoms with Crippen LogP contribution in [0.2, 0.25) is 6.82 Å². The first-order valence-electron chi connectivity index (χ1n) is 12.0. The molecule has 3 heterocycles. The second-order valence-electron chi connectivity index (χ2n) is 9.01. The lowest BCUT2D eigenvalue weighted by molar-refractivity contribution is 1.12. The maximum atomic E-state index is 10.0. The van der Waals surface area contributed by atoms with Gasteiger partial charge < -0.3 is 9.13 Å². The number of rotatable bonds is 3. The van der Waals surface area contributed by atoms with E-state index in [0.717, 1.165) is 38.8 Å². The molecule has 0 bridgehead atoms. The first-order valence-corrected chi connectivity index (χ1v) is 12.0. The largest absolute Gasteiger partial charge is 0.309 e. The van der Waals surface area contributed by atoms with E-state index >= 15 is 0 Å². The predicted octanol–water partition coefficient (Wildman–Crippen LogP) is 6.53. The van der Waals surface area contributed by atoms with Crippen LogP contribution in [0, 0.1) is 11.3 Å². The van der Waals surface area contributed by atoms with E-state index in [2.05, 4.69) is 113 Å². The number of pyridine rings is 1. The molecular formula is C31H20BN4. The van der Waals surface area contributed by atoms with Crippen molar-refractivity contribution in [1.29, 1.82) is 5.26 Å². The Morgan fingerprint density at radius 3 is 1.97 bits per heavy atom. The zero-order valence-electron chi connectivity index (χ0n) is 19.7. The van der Waals surface area contributed by atoms with Crippen molar-refractivity contribution in [3.05, 3.63) is 109 Å². The Morgan fingerprint density at radius 2 is 1.28 bits per heavy atom. The average Bonchev–Trinajstić information content (AvgIpc) is 3.45. The molecule has 0 aliphatic carbocycles. The molecule has 4 nitrogen and oxygen atoms in total. The van der Waals surface area contributed by atoms with E-state index in [1.807, 2.05) is 24.5 Å². The number of aromatic nitrogens is 3. The van der Waals surface area contributed by atoms with Gasteiger partial charge in [-0.2, -0.15) is 5.26 Å². The minimum Gasteiger partial charge on any atom is -0.309 e. The molecule has 0 saturated carbocycles. The van der Waals surface area contributed by atoms with Gasteiger partial charge in [0.2, 0.25) is 0 Å². The Hall–Kier alpha value is -4.82. The fourth-order valence-corrected chi connectivity index (χ4v) is 5.46. The molecule has 0 atom stereocenters. The van der Waals surface area contributed by atoms with E-state index in [9.17, 15) is 5.26 Å². The monoisotopic (exact) mass is 459 g/mol. The normalized spacial score (nSPS) is 11.4. The number of nitrogens with zero attached hydrogens (tertiary/aromatic N) is 4. The lowest BCUT2D eigenvalue weighted by Crippen LogP contribution is -2.09. The number of fused-ring (bicyclic) bond motifs is 6. The molecule has 0 aliphatic rings. The van der Waals surface area contributed by atoms with Crippen LogP contribution in [0.5, 0.6) is 0 Å². The Labute approximate surface area is 208 Å². The van der Waals surface area contributed by atoms with Crippen molar-refractivity contribution in [3.8, 4) is 17.4 Å². The zero-order chi connectivity index (χ0) is 24.2. The van der Waals surface area contributed by atoms with Crippen molar-refractivity contribution in [3.63, 3.8) is 0 Å². The quantitative estimate of drug-likeness (QED) is 0.282. The van der Waals surface area contributed by atoms with Gasteiger partial charge in [-0.05, 0) is 42.5 Å². The summed E-state index contributed by atoms with van der Waals surface area (Å²) < 4.78 is 4.47. The topological polar surface area (TPSA) is 46.5 Å². The highest BCUT2D eigenvalue weighted by atomic mass is 15.0. The van der Waals surface area contributed by atoms with Gasteiger partial charge in [-0.15, -0.1) is 0 Å². The number of para-hydroxylation sites is 2. The molecule has 7 rings (SSSR count). The van der Waals surface area contributed by atoms with Crippen molar-refractivity contribution in [2.75, 3.05) is 0 Å². The summed E-state index contributed by atoms with van der Waals surface area (Å²) in [5, 5.41) is 14.7. The van der Waals surface area contributed by atoms with Crippen LogP contribution in [0.15, 0.2) is 103 Å². The summed E-state index contributed by atoms with van der Waals surface area (Å²) in [6.45, 7) is 2.06. The fraction of sp³-hybridized carbons (Fsp3) is 0.0323. The van der Waals surface area contributed by atoms with Crippen molar-refractivity contribution >= 4 is 56.4 Å². The molecule has 0 spiro atoms. The van der Waals surface area contributed by atoms with Crippen LogP contribution in [0.4, 0.5) is 0 Å². The minimum atomic E-state index is 0.613. The van der Waals surface area contributed by atoms with Crippen LogP contribution >= 0.6 is 0 Å². The van der Waals surface area contributed by atoms with Crippen LogP contribution < -0.4 is 5.46 Å². The second kappa shape index (κ2) is 7.86. The van der Waals surface area contributed by atoms with Gasteiger partial charge in [0.25, 0.3) is 0 Å². The highest BCUT2D eigenvalue weighted by Gasteiger charge is 2.17. The first kappa shape index (κ1) is 20.5. The summed E-state index contributed by atoms with van der Waals surface area (Å²) >= 11 is 0. The molecule has 0 fully saturated rings. The molecule has 0 saturated heterocycles. The maximum absolute atomic E-state index is 10.0. The molecule has 0 unspecified atom stereocenters. The molecule has 7 aromatic rings. The van der Waals surface area contributed by atoms with Gasteiger partial charge in [0.15, 0.2) is 0 Å². The van der Waals surface area contributed by atoms with E-state index in [1.165, 1.54) is 21.6 Å². The number of nitriles is 1. The van der Waals surface area contributed by atoms with Crippen molar-refractivity contribution in [2.24, 2.45) is 0 Å². The second-order valence-corrected chi connectivity index (χ2v) is 9.01. The van der Waals surface area contributed by atoms with Crippen LogP contribution in [0.25, 0.3) is 55.0 Å². The maximum Gasteiger partial charge on any atom is 0.148 e. The van der Waals surface area contributed by atoms with E-state index in [1.54, 1.807) is 0 Å². The minimum absolute atomic E-state index is 0.613. The van der Waals surface area contributed by atoms with E-state index in [-0.39, 0.29) is 0 Å². The summed E-state index contributed by atoms with van der Waals surface area (Å²) in [6, 6.07) is 33.9. The third-order valence-electron chi connectivity index (χ3n) is 7.05. The van der Waals surface area contributed by atoms with E-state index < -0.39 is 0 Å². The van der Waals surface area contributed by atoms with Gasteiger partial charge in [-0.25, -0.2) is 0 Å². The Bertz CT molecular complexity index is 1950. The summed E-state index contributed by atoms with van der Waals surface area (Å²) in [6.07, 6.45) is 3.73. The number of hydrogen-bond donors (Lipinski definition) is 0. The molecule has 5 heteroatoms. The van der Waals surface area contributed by atoms with Gasteiger partial charge in [0.05, 0.1) is 39.9 Å². The van der Waals surface area contributed by atoms with Gasteiger partial charge in [-0.1, -0.05) is 60.8 Å². The summed E-state index contributed by atoms with van der Waals surface area (Å²) in [4.78, 5) is 4.41. The highest BCUT2D eigenvalue weighted by Crippen LogP contribution is 2.35. The SMILES string of the molecule is C[B]c1ccc2c(c1)c1ccccc1n2-c1cc(C#N)cc(-n2c3ccccc3c3ccncc32)c1. The van der Waals surface area contributed by atoms with Crippen molar-refractivity contribution in [2.45, 2.75) is 6.82 Å². The van der Waals surface area contributed by atoms with Crippen LogP contribution in [-0.4, -0.2) is 21.4 Å². The summed E-state index contributed by atoms with van der Waals surface area (Å²) in [5.74, 6) is 0. The summed E-state index contributed by atoms with van der Waals surface area (Å²) in [5.41, 5.74) is 8.04. The van der Waals surface area contributed by atoms with Crippen LogP contribution in [0.3, 0.4) is 0 Å². The van der Waals surface area contributed by atoms with Crippen molar-refractivity contribution in [1.82, 2.24) is 14.1 Å². The molecule has 167 valence electrons. The van der Waals surface area contributed by atoms with Gasteiger partial charge in [0.1, 0.15) is 7.28 Å². The van der Waals surface area contributed by atoms with E-state index in [4.69, 9.17) is 0 Å². The molecule has 3 aromatic heterocycles. The Kier molecular flexibility index (Phi) is 4.49. The van der Waals surface area contributed by atoms with Gasteiger partial charge in [0, 0.05) is 39.1 Å². The van der Waals surface area contributed by atoms with Crippen LogP contribution in [0.1, 0.15) is 5.56 Å². The molecule has 4 aromatic carbocycles. The Balaban J connectivity index is 1.58. The fourth-order valence-electron chi connectivity index (χ4n) is 5.46. The molecule has 0 N–H and O–H groups in total. The predicted molar refractivity (Wildman–Crippen MR) is 149 cm³/mol. The molecule has 0 aliphatic heterocycles. The Morgan fingerprint density at radius 1 is 0.667 bits per heavy atom. The molecule has 1 radical (unpaired) electrons. The lowest BCUT2D eigenvalue weighted by atomic mass is 9.73. The summed E-state index contributed by atoms with van der Waals surface area (Å²) in [7, 11) is 2.12. The van der Waals surface area contributed by atoms with Crippen molar-refractivity contribution < 1.29 is 0 Å². The van der Waals surface area contributed by atoms with E-state index in [0.29, 0.717) is 5.56 Å². The van der Waals surface area contributed by atoms with Gasteiger partial charge >= 0.3 is 0 Å². The first-order chi connectivity index (χ1) is 17.8. The average molecular weight is 459 g/mol. The third-order valence-corrected chi connectivity index (χ3v) is 7.05. The standard InChI is InChI=1S/C31H20BN4/c1-32-21-10-11-30-27(16-21)25-7-3-5-9-29(25)35(30)22-14-20(18-33)15-23(17-22)36-28-8-4-2-6-24(28)26-12-13-34-19-31(26)36/h2-17,19H,1H3. The molecular weight excluding hydrogens is 439 g/mol. The highest BCUT2D eigenvalue weighted by molar-refractivity contribution is 6.52. The molecule has 36 heavy (non-hydrogen) atoms. The van der Waals surface area contributed by atoms with Crippen LogP contribution in [-0.2, 0) is 0 Å². The van der Waals surface area contributed by atoms with Gasteiger partial charge in [-0.3, -0.25) is 4.98 Å². The number of hydrogen-bond acceptors (Lipinski definition) is 2. The third kappa shape index (κ3) is 2.91. The number of benzene rings is 4. The smallest absolute Gasteiger partial charge is 0.148 e.